The van der Waals surface area contributed by atoms with Crippen molar-refractivity contribution < 1.29 is 4.74 Å². The van der Waals surface area contributed by atoms with Crippen molar-refractivity contribution >= 4 is 16.7 Å². The normalized spacial score (nSPS) is 14.9. The number of hydrogen-bond acceptors (Lipinski definition) is 8. The fourth-order valence-electron chi connectivity index (χ4n) is 4.15. The molecule has 1 fully saturated rings. The molecule has 0 aliphatic carbocycles. The summed E-state index contributed by atoms with van der Waals surface area (Å²) >= 11 is 0. The van der Waals surface area contributed by atoms with Crippen LogP contribution in [0.4, 0.5) is 5.82 Å². The first-order valence-corrected chi connectivity index (χ1v) is 10.4. The fourth-order valence-corrected chi connectivity index (χ4v) is 4.15. The molecule has 1 aliphatic heterocycles. The number of rotatable bonds is 7. The zero-order chi connectivity index (χ0) is 21.0. The molecule has 0 radical (unpaired) electrons. The summed E-state index contributed by atoms with van der Waals surface area (Å²) in [5.74, 6) is 1.60. The molecule has 31 heavy (non-hydrogen) atoms. The molecule has 1 aromatic carbocycles. The van der Waals surface area contributed by atoms with Crippen molar-refractivity contribution in [2.75, 3.05) is 44.7 Å². The number of nitrogens with zero attached hydrogens (tertiary/aromatic N) is 9. The van der Waals surface area contributed by atoms with Gasteiger partial charge in [-0.05, 0) is 12.5 Å². The quantitative estimate of drug-likeness (QED) is 0.447. The summed E-state index contributed by atoms with van der Waals surface area (Å²) in [4.78, 5) is 13.2. The van der Waals surface area contributed by atoms with E-state index in [1.54, 1.807) is 32.3 Å². The number of aromatic nitrogens is 7. The maximum atomic E-state index is 5.40. The van der Waals surface area contributed by atoms with Gasteiger partial charge in [-0.1, -0.05) is 12.1 Å². The Kier molecular flexibility index (Phi) is 5.44. The second-order valence-corrected chi connectivity index (χ2v) is 7.55. The third kappa shape index (κ3) is 3.93. The largest absolute Gasteiger partial charge is 0.491 e. The predicted molar refractivity (Wildman–Crippen MR) is 117 cm³/mol. The summed E-state index contributed by atoms with van der Waals surface area (Å²) in [5, 5.41) is 13.6. The third-order valence-electron chi connectivity index (χ3n) is 5.73. The first-order valence-electron chi connectivity index (χ1n) is 10.4. The van der Waals surface area contributed by atoms with Crippen LogP contribution in [0.5, 0.6) is 5.75 Å². The smallest absolute Gasteiger partial charge is 0.179 e. The van der Waals surface area contributed by atoms with Crippen LogP contribution < -0.4 is 9.64 Å². The molecule has 4 heterocycles. The van der Waals surface area contributed by atoms with Gasteiger partial charge in [-0.15, -0.1) is 10.2 Å². The van der Waals surface area contributed by atoms with E-state index in [9.17, 15) is 0 Å². The van der Waals surface area contributed by atoms with E-state index in [0.717, 1.165) is 73.8 Å². The summed E-state index contributed by atoms with van der Waals surface area (Å²) in [6.07, 6.45) is 9.70. The number of hydrogen-bond donors (Lipinski definition) is 0. The first kappa shape index (κ1) is 19.4. The van der Waals surface area contributed by atoms with Gasteiger partial charge in [0.05, 0.1) is 30.7 Å². The van der Waals surface area contributed by atoms with E-state index in [1.807, 2.05) is 16.8 Å². The Labute approximate surface area is 180 Å². The minimum Gasteiger partial charge on any atom is -0.491 e. The van der Waals surface area contributed by atoms with Gasteiger partial charge in [-0.25, -0.2) is 9.97 Å². The van der Waals surface area contributed by atoms with Gasteiger partial charge in [0.1, 0.15) is 19.0 Å². The lowest BCUT2D eigenvalue weighted by molar-refractivity contribution is 0.248. The Hall–Kier alpha value is -3.53. The van der Waals surface area contributed by atoms with E-state index >= 15 is 0 Å². The Morgan fingerprint density at radius 2 is 1.84 bits per heavy atom. The number of methoxy groups -OCH3 is 1. The third-order valence-corrected chi connectivity index (χ3v) is 5.73. The minimum absolute atomic E-state index is 0.727. The number of anilines is 1. The predicted octanol–water partition coefficient (Wildman–Crippen LogP) is 1.63. The molecule has 0 bridgehead atoms. The Balaban J connectivity index is 1.20. The van der Waals surface area contributed by atoms with Crippen molar-refractivity contribution in [1.29, 1.82) is 0 Å². The van der Waals surface area contributed by atoms with Gasteiger partial charge in [0, 0.05) is 44.7 Å². The Morgan fingerprint density at radius 1 is 1.00 bits per heavy atom. The van der Waals surface area contributed by atoms with Crippen LogP contribution in [0, 0.1) is 0 Å². The maximum absolute atomic E-state index is 5.40. The molecule has 10 nitrogen and oxygen atoms in total. The molecule has 0 amide bonds. The lowest BCUT2D eigenvalue weighted by Crippen LogP contribution is -2.47. The Morgan fingerprint density at radius 3 is 2.65 bits per heavy atom. The van der Waals surface area contributed by atoms with Gasteiger partial charge in [0.2, 0.25) is 0 Å². The topological polar surface area (TPSA) is 90.0 Å². The van der Waals surface area contributed by atoms with Crippen molar-refractivity contribution in [3.63, 3.8) is 0 Å². The number of para-hydroxylation sites is 1. The van der Waals surface area contributed by atoms with Gasteiger partial charge in [-0.3, -0.25) is 14.1 Å². The molecule has 160 valence electrons. The van der Waals surface area contributed by atoms with Gasteiger partial charge < -0.3 is 9.64 Å². The molecule has 0 spiro atoms. The summed E-state index contributed by atoms with van der Waals surface area (Å²) in [6, 6.07) is 6.20. The highest BCUT2D eigenvalue weighted by molar-refractivity contribution is 5.86. The van der Waals surface area contributed by atoms with Crippen molar-refractivity contribution in [1.82, 2.24) is 39.4 Å². The maximum Gasteiger partial charge on any atom is 0.179 e. The van der Waals surface area contributed by atoms with Crippen LogP contribution in [0.25, 0.3) is 16.6 Å². The average molecular weight is 419 g/mol. The lowest BCUT2D eigenvalue weighted by atomic mass is 10.2. The van der Waals surface area contributed by atoms with E-state index in [1.165, 1.54) is 0 Å². The van der Waals surface area contributed by atoms with Gasteiger partial charge in [0.15, 0.2) is 11.6 Å². The highest BCUT2D eigenvalue weighted by atomic mass is 16.5. The SMILES string of the molecule is COc1cncnc1N1CCN(CCCn2ncc3cccc(-n4cnnc4)c32)CC1. The number of fused-ring (bicyclic) bond motifs is 1. The molecule has 0 saturated carbocycles. The second kappa shape index (κ2) is 8.68. The standard InChI is InChI=1S/C21H25N9O/c1-31-19-13-22-14-23-21(19)28-10-8-27(9-11-28)6-3-7-30-20-17(12-26-30)4-2-5-18(20)29-15-24-25-16-29/h2,4-5,12-16H,3,6-11H2,1H3. The van der Waals surface area contributed by atoms with Crippen molar-refractivity contribution in [2.45, 2.75) is 13.0 Å². The molecule has 1 saturated heterocycles. The monoisotopic (exact) mass is 419 g/mol. The molecule has 4 aromatic rings. The molecule has 5 rings (SSSR count). The van der Waals surface area contributed by atoms with E-state index in [-0.39, 0.29) is 0 Å². The molecule has 0 N–H and O–H groups in total. The number of aryl methyl sites for hydroxylation is 1. The number of piperazine rings is 1. The van der Waals surface area contributed by atoms with E-state index < -0.39 is 0 Å². The summed E-state index contributed by atoms with van der Waals surface area (Å²) in [6.45, 7) is 5.75. The second-order valence-electron chi connectivity index (χ2n) is 7.55. The summed E-state index contributed by atoms with van der Waals surface area (Å²) < 4.78 is 9.43. The van der Waals surface area contributed by atoms with Crippen molar-refractivity contribution in [3.05, 3.63) is 49.6 Å². The lowest BCUT2D eigenvalue weighted by Gasteiger charge is -2.35. The molecular weight excluding hydrogens is 394 g/mol. The minimum atomic E-state index is 0.727. The molecule has 3 aromatic heterocycles. The van der Waals surface area contributed by atoms with Crippen LogP contribution in [0.15, 0.2) is 49.6 Å². The zero-order valence-corrected chi connectivity index (χ0v) is 17.5. The molecule has 0 unspecified atom stereocenters. The Bertz CT molecular complexity index is 1130. The molecule has 0 atom stereocenters. The van der Waals surface area contributed by atoms with Crippen molar-refractivity contribution in [2.24, 2.45) is 0 Å². The highest BCUT2D eigenvalue weighted by Gasteiger charge is 2.20. The van der Waals surface area contributed by atoms with E-state index in [4.69, 9.17) is 4.74 Å². The molecule has 1 aliphatic rings. The van der Waals surface area contributed by atoms with E-state index in [2.05, 4.69) is 51.9 Å². The van der Waals surface area contributed by atoms with Gasteiger partial charge >= 0.3 is 0 Å². The summed E-state index contributed by atoms with van der Waals surface area (Å²) in [7, 11) is 1.66. The van der Waals surface area contributed by atoms with Crippen LogP contribution in [-0.4, -0.2) is 79.2 Å². The van der Waals surface area contributed by atoms with Crippen molar-refractivity contribution in [3.8, 4) is 11.4 Å². The van der Waals surface area contributed by atoms with E-state index in [0.29, 0.717) is 0 Å². The number of benzene rings is 1. The van der Waals surface area contributed by atoms with Crippen LogP contribution in [0.3, 0.4) is 0 Å². The fraction of sp³-hybridized carbons (Fsp3) is 0.381. The first-order chi connectivity index (χ1) is 15.3. The van der Waals surface area contributed by atoms with Gasteiger partial charge in [-0.2, -0.15) is 5.10 Å². The van der Waals surface area contributed by atoms with Crippen LogP contribution in [-0.2, 0) is 6.54 Å². The zero-order valence-electron chi connectivity index (χ0n) is 17.5. The molecular formula is C21H25N9O. The molecule has 10 heteroatoms. The van der Waals surface area contributed by atoms with Crippen LogP contribution in [0.1, 0.15) is 6.42 Å². The summed E-state index contributed by atoms with van der Waals surface area (Å²) in [5.41, 5.74) is 2.16. The average Bonchev–Trinajstić information content (AvgIpc) is 3.50. The number of ether oxygens (including phenoxy) is 1. The van der Waals surface area contributed by atoms with Gasteiger partial charge in [0.25, 0.3) is 0 Å². The van der Waals surface area contributed by atoms with Crippen LogP contribution >= 0.6 is 0 Å². The highest BCUT2D eigenvalue weighted by Crippen LogP contribution is 2.25. The van der Waals surface area contributed by atoms with Crippen LogP contribution in [0.2, 0.25) is 0 Å².